The lowest BCUT2D eigenvalue weighted by molar-refractivity contribution is 0.590. The second kappa shape index (κ2) is 5.99. The molecule has 0 aliphatic carbocycles. The van der Waals surface area contributed by atoms with Crippen LogP contribution >= 0.6 is 27.3 Å². The summed E-state index contributed by atoms with van der Waals surface area (Å²) in [7, 11) is -4.03. The number of benzene rings is 1. The third-order valence-electron chi connectivity index (χ3n) is 2.69. The molecule has 9 heteroatoms. The van der Waals surface area contributed by atoms with Crippen LogP contribution in [-0.2, 0) is 16.6 Å². The van der Waals surface area contributed by atoms with Gasteiger partial charge < -0.3 is 5.73 Å². The Morgan fingerprint density at radius 1 is 1.29 bits per heavy atom. The number of nitrogens with two attached hydrogens (primary N) is 1. The van der Waals surface area contributed by atoms with E-state index >= 15 is 0 Å². The first-order valence-corrected chi connectivity index (χ1v) is 8.80. The Labute approximate surface area is 133 Å². The highest BCUT2D eigenvalue weighted by Gasteiger charge is 2.22. The van der Waals surface area contributed by atoms with Gasteiger partial charge in [0.2, 0.25) is 0 Å². The fourth-order valence-corrected chi connectivity index (χ4v) is 5.23. The highest BCUT2D eigenvalue weighted by atomic mass is 79.9. The number of rotatable bonds is 4. The quantitative estimate of drug-likeness (QED) is 0.831. The van der Waals surface area contributed by atoms with Crippen molar-refractivity contribution in [3.05, 3.63) is 44.1 Å². The van der Waals surface area contributed by atoms with Crippen LogP contribution in [0.4, 0.5) is 14.5 Å². The van der Waals surface area contributed by atoms with E-state index in [1.54, 1.807) is 0 Å². The highest BCUT2D eigenvalue weighted by Crippen LogP contribution is 2.33. The van der Waals surface area contributed by atoms with Crippen LogP contribution in [0.15, 0.2) is 26.9 Å². The molecule has 0 radical (unpaired) electrons. The maximum absolute atomic E-state index is 13.7. The van der Waals surface area contributed by atoms with E-state index in [9.17, 15) is 17.2 Å². The molecular weight excluding hydrogens is 386 g/mol. The molecule has 114 valence electrons. The zero-order valence-corrected chi connectivity index (χ0v) is 14.0. The molecule has 4 nitrogen and oxygen atoms in total. The van der Waals surface area contributed by atoms with Crippen LogP contribution in [0.2, 0.25) is 0 Å². The lowest BCUT2D eigenvalue weighted by atomic mass is 10.2. The van der Waals surface area contributed by atoms with Crippen LogP contribution in [0.25, 0.3) is 0 Å². The summed E-state index contributed by atoms with van der Waals surface area (Å²) < 4.78 is 54.0. The molecule has 21 heavy (non-hydrogen) atoms. The van der Waals surface area contributed by atoms with Gasteiger partial charge in [-0.2, -0.15) is 0 Å². The maximum Gasteiger partial charge on any atom is 0.263 e. The molecule has 1 heterocycles. The zero-order chi connectivity index (χ0) is 15.8. The average Bonchev–Trinajstić information content (AvgIpc) is 2.78. The van der Waals surface area contributed by atoms with E-state index in [1.165, 1.54) is 24.3 Å². The molecule has 0 amide bonds. The van der Waals surface area contributed by atoms with Gasteiger partial charge in [-0.1, -0.05) is 0 Å². The van der Waals surface area contributed by atoms with Crippen molar-refractivity contribution in [3.8, 4) is 0 Å². The maximum atomic E-state index is 13.7. The van der Waals surface area contributed by atoms with Gasteiger partial charge in [-0.05, 0) is 40.5 Å². The second-order valence-corrected chi connectivity index (χ2v) is 8.35. The zero-order valence-electron chi connectivity index (χ0n) is 10.8. The van der Waals surface area contributed by atoms with Gasteiger partial charge in [-0.15, -0.1) is 11.3 Å². The minimum atomic E-state index is -4.03. The lowest BCUT2D eigenvalue weighted by Crippen LogP contribution is -2.14. The van der Waals surface area contributed by atoms with Crippen molar-refractivity contribution in [2.24, 2.45) is 5.73 Å². The van der Waals surface area contributed by atoms with Crippen molar-refractivity contribution >= 4 is 43.0 Å². The first kappa shape index (κ1) is 16.3. The Balaban J connectivity index is 2.42. The van der Waals surface area contributed by atoms with Crippen molar-refractivity contribution < 1.29 is 17.2 Å². The Kier molecular flexibility index (Phi) is 4.66. The van der Waals surface area contributed by atoms with E-state index < -0.39 is 27.3 Å². The molecule has 0 saturated carbocycles. The number of hydrogen-bond donors (Lipinski definition) is 2. The smallest absolute Gasteiger partial charge is 0.263 e. The number of aryl methyl sites for hydroxylation is 1. The van der Waals surface area contributed by atoms with Gasteiger partial charge in [0, 0.05) is 17.5 Å². The predicted octanol–water partition coefficient (Wildman–Crippen LogP) is 3.36. The molecule has 2 aromatic rings. The number of halogens is 3. The standard InChI is InChI=1S/C12H11BrF2N2O2S2/c1-6-2-9(15)10(4-8(6)14)17-21(18,19)11-3-7(5-16)20-12(11)13/h2-4,17H,5,16H2,1H3. The first-order chi connectivity index (χ1) is 9.74. The molecule has 0 unspecified atom stereocenters. The molecule has 1 aromatic heterocycles. The van der Waals surface area contributed by atoms with Crippen LogP contribution < -0.4 is 10.5 Å². The van der Waals surface area contributed by atoms with Crippen molar-refractivity contribution in [1.29, 1.82) is 0 Å². The number of thiophene rings is 1. The Morgan fingerprint density at radius 2 is 1.95 bits per heavy atom. The van der Waals surface area contributed by atoms with Gasteiger partial charge in [0.15, 0.2) is 0 Å². The number of hydrogen-bond acceptors (Lipinski definition) is 4. The summed E-state index contributed by atoms with van der Waals surface area (Å²) in [4.78, 5) is 0.589. The SMILES string of the molecule is Cc1cc(F)c(NS(=O)(=O)c2cc(CN)sc2Br)cc1F. The number of sulfonamides is 1. The van der Waals surface area contributed by atoms with Gasteiger partial charge in [0.1, 0.15) is 16.5 Å². The lowest BCUT2D eigenvalue weighted by Gasteiger charge is -2.09. The molecule has 3 N–H and O–H groups in total. The van der Waals surface area contributed by atoms with Crippen LogP contribution in [0.3, 0.4) is 0 Å². The van der Waals surface area contributed by atoms with Crippen molar-refractivity contribution in [2.45, 2.75) is 18.4 Å². The van der Waals surface area contributed by atoms with Gasteiger partial charge in [0.05, 0.1) is 9.47 Å². The third-order valence-corrected chi connectivity index (χ3v) is 6.33. The summed E-state index contributed by atoms with van der Waals surface area (Å²) in [6, 6.07) is 3.13. The van der Waals surface area contributed by atoms with Gasteiger partial charge >= 0.3 is 0 Å². The molecule has 0 bridgehead atoms. The normalized spacial score (nSPS) is 11.7. The van der Waals surface area contributed by atoms with Gasteiger partial charge in [-0.25, -0.2) is 17.2 Å². The van der Waals surface area contributed by atoms with E-state index in [4.69, 9.17) is 5.73 Å². The minimum absolute atomic E-state index is 0.0617. The Hall–Kier alpha value is -1.03. The van der Waals surface area contributed by atoms with Crippen LogP contribution in [0, 0.1) is 18.6 Å². The highest BCUT2D eigenvalue weighted by molar-refractivity contribution is 9.11. The molecule has 0 atom stereocenters. The fourth-order valence-electron chi connectivity index (χ4n) is 1.61. The van der Waals surface area contributed by atoms with Crippen molar-refractivity contribution in [3.63, 3.8) is 0 Å². The summed E-state index contributed by atoms with van der Waals surface area (Å²) in [5, 5.41) is 0. The van der Waals surface area contributed by atoms with E-state index in [2.05, 4.69) is 15.9 Å². The minimum Gasteiger partial charge on any atom is -0.326 e. The van der Waals surface area contributed by atoms with E-state index in [0.29, 0.717) is 8.66 Å². The summed E-state index contributed by atoms with van der Waals surface area (Å²) in [5.41, 5.74) is 5.11. The van der Waals surface area contributed by atoms with E-state index in [0.717, 1.165) is 12.1 Å². The summed E-state index contributed by atoms with van der Waals surface area (Å²) in [6.45, 7) is 1.58. The largest absolute Gasteiger partial charge is 0.326 e. The number of anilines is 1. The summed E-state index contributed by atoms with van der Waals surface area (Å²) >= 11 is 4.29. The third kappa shape index (κ3) is 3.42. The monoisotopic (exact) mass is 396 g/mol. The molecule has 0 aliphatic heterocycles. The molecule has 0 fully saturated rings. The molecule has 0 aliphatic rings. The van der Waals surface area contributed by atoms with Crippen molar-refractivity contribution in [1.82, 2.24) is 0 Å². The molecular formula is C12H11BrF2N2O2S2. The van der Waals surface area contributed by atoms with E-state index in [1.807, 2.05) is 4.72 Å². The average molecular weight is 397 g/mol. The molecule has 0 saturated heterocycles. The molecule has 0 spiro atoms. The van der Waals surface area contributed by atoms with Crippen LogP contribution in [-0.4, -0.2) is 8.42 Å². The van der Waals surface area contributed by atoms with E-state index in [-0.39, 0.29) is 17.0 Å². The molecule has 2 rings (SSSR count). The topological polar surface area (TPSA) is 72.2 Å². The predicted molar refractivity (Wildman–Crippen MR) is 81.8 cm³/mol. The van der Waals surface area contributed by atoms with Crippen molar-refractivity contribution in [2.75, 3.05) is 4.72 Å². The molecule has 1 aromatic carbocycles. The van der Waals surface area contributed by atoms with Crippen LogP contribution in [0.1, 0.15) is 10.4 Å². The first-order valence-electron chi connectivity index (χ1n) is 5.71. The summed E-state index contributed by atoms with van der Waals surface area (Å²) in [5.74, 6) is -1.54. The van der Waals surface area contributed by atoms with Gasteiger partial charge in [0.25, 0.3) is 10.0 Å². The fraction of sp³-hybridized carbons (Fsp3) is 0.167. The number of nitrogens with one attached hydrogen (secondary N) is 1. The Bertz CT molecular complexity index is 791. The second-order valence-electron chi connectivity index (χ2n) is 4.24. The van der Waals surface area contributed by atoms with Crippen LogP contribution in [0.5, 0.6) is 0 Å². The van der Waals surface area contributed by atoms with Gasteiger partial charge in [-0.3, -0.25) is 4.72 Å². The Morgan fingerprint density at radius 3 is 2.52 bits per heavy atom. The summed E-state index contributed by atoms with van der Waals surface area (Å²) in [6.07, 6.45) is 0.